The van der Waals surface area contributed by atoms with Crippen molar-refractivity contribution in [2.45, 2.75) is 89.3 Å². The lowest BCUT2D eigenvalue weighted by molar-refractivity contribution is -0.162. The van der Waals surface area contributed by atoms with Crippen molar-refractivity contribution in [3.63, 3.8) is 0 Å². The molecule has 1 spiro atoms. The average molecular weight is 518 g/mol. The van der Waals surface area contributed by atoms with E-state index in [2.05, 4.69) is 41.4 Å². The van der Waals surface area contributed by atoms with Gasteiger partial charge in [-0.05, 0) is 66.5 Å². The SMILES string of the molecule is CCCCN1C(=O)C(CC2CCCCC2)NC(=O)C12CCN(Cc1cccc(-c3ccc(O)cc3)c1)CC2. The van der Waals surface area contributed by atoms with Crippen LogP contribution in [0.15, 0.2) is 48.5 Å². The van der Waals surface area contributed by atoms with Gasteiger partial charge in [-0.25, -0.2) is 0 Å². The minimum Gasteiger partial charge on any atom is -0.508 e. The number of piperazine rings is 1. The number of piperidine rings is 1. The molecule has 3 fully saturated rings. The van der Waals surface area contributed by atoms with Gasteiger partial charge in [-0.3, -0.25) is 14.5 Å². The van der Waals surface area contributed by atoms with Crippen LogP contribution in [0.2, 0.25) is 0 Å². The fourth-order valence-corrected chi connectivity index (χ4v) is 6.77. The van der Waals surface area contributed by atoms with Gasteiger partial charge in [-0.1, -0.05) is 75.8 Å². The number of nitrogens with zero attached hydrogens (tertiary/aromatic N) is 2. The van der Waals surface area contributed by atoms with Crippen molar-refractivity contribution < 1.29 is 14.7 Å². The maximum Gasteiger partial charge on any atom is 0.246 e. The topological polar surface area (TPSA) is 72.9 Å². The molecule has 2 aromatic rings. The number of hydrogen-bond donors (Lipinski definition) is 2. The minimum atomic E-state index is -0.709. The molecule has 3 aliphatic rings. The number of unbranched alkanes of at least 4 members (excludes halogenated alkanes) is 1. The Morgan fingerprint density at radius 1 is 0.974 bits per heavy atom. The second-order valence-electron chi connectivity index (χ2n) is 11.7. The molecule has 0 bridgehead atoms. The number of aromatic hydroxyl groups is 1. The maximum absolute atomic E-state index is 13.8. The van der Waals surface area contributed by atoms with Crippen LogP contribution in [0.25, 0.3) is 11.1 Å². The molecule has 6 heteroatoms. The summed E-state index contributed by atoms with van der Waals surface area (Å²) in [5, 5.41) is 12.8. The summed E-state index contributed by atoms with van der Waals surface area (Å²) in [6.45, 7) is 5.23. The Kier molecular flexibility index (Phi) is 8.37. The van der Waals surface area contributed by atoms with E-state index in [0.717, 1.165) is 50.0 Å². The molecule has 0 radical (unpaired) electrons. The van der Waals surface area contributed by atoms with Crippen LogP contribution < -0.4 is 5.32 Å². The van der Waals surface area contributed by atoms with Crippen LogP contribution in [0.3, 0.4) is 0 Å². The lowest BCUT2D eigenvalue weighted by Crippen LogP contribution is -2.73. The highest BCUT2D eigenvalue weighted by Gasteiger charge is 2.53. The molecule has 1 aliphatic carbocycles. The van der Waals surface area contributed by atoms with Gasteiger partial charge in [0.05, 0.1) is 0 Å². The van der Waals surface area contributed by atoms with Gasteiger partial charge < -0.3 is 15.3 Å². The number of carbonyl (C=O) groups excluding carboxylic acids is 2. The second kappa shape index (κ2) is 11.9. The number of hydrogen-bond acceptors (Lipinski definition) is 4. The Bertz CT molecular complexity index is 1100. The van der Waals surface area contributed by atoms with Gasteiger partial charge in [0.25, 0.3) is 0 Å². The Morgan fingerprint density at radius 2 is 1.71 bits per heavy atom. The Morgan fingerprint density at radius 3 is 2.42 bits per heavy atom. The van der Waals surface area contributed by atoms with E-state index in [-0.39, 0.29) is 23.6 Å². The van der Waals surface area contributed by atoms with Crippen LogP contribution >= 0.6 is 0 Å². The van der Waals surface area contributed by atoms with Crippen molar-refractivity contribution in [3.8, 4) is 16.9 Å². The van der Waals surface area contributed by atoms with E-state index in [1.54, 1.807) is 12.1 Å². The molecule has 2 saturated heterocycles. The third-order valence-electron chi connectivity index (χ3n) is 9.05. The van der Waals surface area contributed by atoms with Gasteiger partial charge in [0.2, 0.25) is 11.8 Å². The van der Waals surface area contributed by atoms with E-state index >= 15 is 0 Å². The van der Waals surface area contributed by atoms with Gasteiger partial charge in [0.15, 0.2) is 0 Å². The summed E-state index contributed by atoms with van der Waals surface area (Å²) in [5.41, 5.74) is 2.72. The summed E-state index contributed by atoms with van der Waals surface area (Å²) in [4.78, 5) is 31.9. The number of phenols is 1. The number of phenolic OH excluding ortho intramolecular Hbond substituents is 1. The van der Waals surface area contributed by atoms with Crippen LogP contribution in [0.4, 0.5) is 0 Å². The van der Waals surface area contributed by atoms with E-state index in [9.17, 15) is 14.7 Å². The zero-order chi connectivity index (χ0) is 26.5. The van der Waals surface area contributed by atoms with Crippen molar-refractivity contribution in [1.82, 2.24) is 15.1 Å². The summed E-state index contributed by atoms with van der Waals surface area (Å²) in [5.74, 6) is 1.05. The quantitative estimate of drug-likeness (QED) is 0.486. The number of benzene rings is 2. The van der Waals surface area contributed by atoms with Gasteiger partial charge in [-0.15, -0.1) is 0 Å². The fourth-order valence-electron chi connectivity index (χ4n) is 6.77. The van der Waals surface area contributed by atoms with E-state index < -0.39 is 5.54 Å². The summed E-state index contributed by atoms with van der Waals surface area (Å²) in [6.07, 6.45) is 10.3. The van der Waals surface area contributed by atoms with Crippen LogP contribution in [0.5, 0.6) is 5.75 Å². The lowest BCUT2D eigenvalue weighted by Gasteiger charge is -2.52. The second-order valence-corrected chi connectivity index (χ2v) is 11.7. The summed E-state index contributed by atoms with van der Waals surface area (Å²) in [6, 6.07) is 15.5. The first-order valence-electron chi connectivity index (χ1n) is 14.7. The molecule has 0 aromatic heterocycles. The van der Waals surface area contributed by atoms with Crippen molar-refractivity contribution in [3.05, 3.63) is 54.1 Å². The third-order valence-corrected chi connectivity index (χ3v) is 9.05. The van der Waals surface area contributed by atoms with Gasteiger partial charge in [0.1, 0.15) is 17.3 Å². The summed E-state index contributed by atoms with van der Waals surface area (Å²) < 4.78 is 0. The van der Waals surface area contributed by atoms with E-state index in [4.69, 9.17) is 0 Å². The highest BCUT2D eigenvalue weighted by molar-refractivity contribution is 6.00. The van der Waals surface area contributed by atoms with Gasteiger partial charge in [0, 0.05) is 26.2 Å². The molecule has 1 saturated carbocycles. The zero-order valence-corrected chi connectivity index (χ0v) is 22.8. The maximum atomic E-state index is 13.8. The predicted octanol–water partition coefficient (Wildman–Crippen LogP) is 5.49. The molecule has 2 aromatic carbocycles. The molecule has 1 unspecified atom stereocenters. The Balaban J connectivity index is 1.25. The molecule has 1 atom stereocenters. The van der Waals surface area contributed by atoms with Crippen molar-refractivity contribution in [2.24, 2.45) is 5.92 Å². The summed E-state index contributed by atoms with van der Waals surface area (Å²) in [7, 11) is 0. The van der Waals surface area contributed by atoms with Crippen LogP contribution in [0.1, 0.15) is 76.7 Å². The largest absolute Gasteiger partial charge is 0.508 e. The average Bonchev–Trinajstić information content (AvgIpc) is 2.94. The first kappa shape index (κ1) is 26.7. The van der Waals surface area contributed by atoms with Crippen LogP contribution in [0, 0.1) is 5.92 Å². The third kappa shape index (κ3) is 5.75. The first-order valence-corrected chi connectivity index (χ1v) is 14.7. The van der Waals surface area contributed by atoms with E-state index in [1.165, 1.54) is 37.7 Å². The van der Waals surface area contributed by atoms with Crippen LogP contribution in [-0.4, -0.2) is 57.9 Å². The molecular formula is C32H43N3O3. The zero-order valence-electron chi connectivity index (χ0n) is 22.8. The van der Waals surface area contributed by atoms with Gasteiger partial charge in [-0.2, -0.15) is 0 Å². The molecule has 2 amide bonds. The highest BCUT2D eigenvalue weighted by atomic mass is 16.3. The van der Waals surface area contributed by atoms with E-state index in [1.807, 2.05) is 17.0 Å². The van der Waals surface area contributed by atoms with Crippen LogP contribution in [-0.2, 0) is 16.1 Å². The molecule has 2 heterocycles. The van der Waals surface area contributed by atoms with Crippen molar-refractivity contribution in [2.75, 3.05) is 19.6 Å². The minimum absolute atomic E-state index is 0.0722. The molecule has 2 aliphatic heterocycles. The smallest absolute Gasteiger partial charge is 0.246 e. The monoisotopic (exact) mass is 517 g/mol. The first-order chi connectivity index (χ1) is 18.5. The van der Waals surface area contributed by atoms with Crippen molar-refractivity contribution >= 4 is 11.8 Å². The lowest BCUT2D eigenvalue weighted by atomic mass is 9.79. The Labute approximate surface area is 227 Å². The molecule has 5 rings (SSSR count). The summed E-state index contributed by atoms with van der Waals surface area (Å²) >= 11 is 0. The van der Waals surface area contributed by atoms with Gasteiger partial charge >= 0.3 is 0 Å². The van der Waals surface area contributed by atoms with E-state index in [0.29, 0.717) is 25.3 Å². The highest BCUT2D eigenvalue weighted by Crippen LogP contribution is 2.36. The molecular weight excluding hydrogens is 474 g/mol. The molecule has 204 valence electrons. The number of amides is 2. The number of carbonyl (C=O) groups is 2. The molecule has 6 nitrogen and oxygen atoms in total. The molecule has 38 heavy (non-hydrogen) atoms. The standard InChI is InChI=1S/C32H43N3O3/c1-2-3-18-35-30(37)29(22-24-8-5-4-6-9-24)33-31(38)32(35)16-19-34(20-17-32)23-25-10-7-11-27(21-25)26-12-14-28(36)15-13-26/h7,10-15,21,24,29,36H,2-6,8-9,16-20,22-23H2,1H3,(H,33,38). The Hall–Kier alpha value is -2.86. The molecule has 2 N–H and O–H groups in total. The van der Waals surface area contributed by atoms with Crippen molar-refractivity contribution in [1.29, 1.82) is 0 Å². The fraction of sp³-hybridized carbons (Fsp3) is 0.562. The normalized spacial score (nSPS) is 22.6. The number of rotatable bonds is 8. The number of nitrogens with one attached hydrogen (secondary N) is 1. The predicted molar refractivity (Wildman–Crippen MR) is 151 cm³/mol. The number of likely N-dealkylation sites (tertiary alicyclic amines) is 1.